The molecule has 1 saturated heterocycles. The van der Waals surface area contributed by atoms with Gasteiger partial charge in [-0.2, -0.15) is 13.2 Å². The molecule has 8 nitrogen and oxygen atoms in total. The van der Waals surface area contributed by atoms with Crippen LogP contribution in [0.15, 0.2) is 30.5 Å². The van der Waals surface area contributed by atoms with E-state index in [1.807, 2.05) is 0 Å². The lowest BCUT2D eigenvalue weighted by atomic mass is 9.88. The molecule has 0 bridgehead atoms. The SMILES string of the molecule is COCC1(COc2cc3c(NC(C)(C)c4cc(C(F)(F)F)ccn4)nc(C)nc3cc2OC)COC1. The molecule has 1 aromatic carbocycles. The number of pyridine rings is 1. The van der Waals surface area contributed by atoms with Crippen molar-refractivity contribution in [1.82, 2.24) is 15.0 Å². The molecule has 0 amide bonds. The van der Waals surface area contributed by atoms with Crippen molar-refractivity contribution in [2.45, 2.75) is 32.5 Å². The molecule has 11 heteroatoms. The number of fused-ring (bicyclic) bond motifs is 1. The normalized spacial score (nSPS) is 15.4. The Labute approximate surface area is 207 Å². The van der Waals surface area contributed by atoms with Gasteiger partial charge in [0.15, 0.2) is 11.5 Å². The number of methoxy groups -OCH3 is 2. The van der Waals surface area contributed by atoms with Crippen molar-refractivity contribution in [2.24, 2.45) is 5.41 Å². The van der Waals surface area contributed by atoms with Gasteiger partial charge in [0.1, 0.15) is 18.2 Å². The molecular weight excluding hydrogens is 477 g/mol. The second-order valence-electron chi connectivity index (χ2n) is 9.53. The Balaban J connectivity index is 1.70. The summed E-state index contributed by atoms with van der Waals surface area (Å²) >= 11 is 0. The van der Waals surface area contributed by atoms with Crippen LogP contribution in [0.1, 0.15) is 30.9 Å². The van der Waals surface area contributed by atoms with Crippen molar-refractivity contribution in [3.8, 4) is 11.5 Å². The monoisotopic (exact) mass is 506 g/mol. The van der Waals surface area contributed by atoms with Crippen LogP contribution in [0, 0.1) is 12.3 Å². The standard InChI is InChI=1S/C25H29F3N4O4/c1-15-30-18-10-19(34-5)20(36-14-24(11-33-4)12-35-13-24)9-17(18)22(31-15)32-23(2,3)21-8-16(6-7-29-21)25(26,27)28/h6-10H,11-14H2,1-5H3,(H,30,31,32). The third kappa shape index (κ3) is 5.31. The number of hydrogen-bond acceptors (Lipinski definition) is 8. The van der Waals surface area contributed by atoms with Gasteiger partial charge >= 0.3 is 6.18 Å². The zero-order valence-electron chi connectivity index (χ0n) is 20.8. The van der Waals surface area contributed by atoms with Gasteiger partial charge in [0.05, 0.1) is 54.7 Å². The molecule has 1 fully saturated rings. The molecular formula is C25H29F3N4O4. The first-order valence-corrected chi connectivity index (χ1v) is 11.3. The Hall–Kier alpha value is -3.18. The number of rotatable bonds is 9. The van der Waals surface area contributed by atoms with Gasteiger partial charge in [-0.25, -0.2) is 9.97 Å². The summed E-state index contributed by atoms with van der Waals surface area (Å²) in [5.74, 6) is 1.91. The van der Waals surface area contributed by atoms with E-state index >= 15 is 0 Å². The highest BCUT2D eigenvalue weighted by Crippen LogP contribution is 2.38. The molecule has 2 aromatic heterocycles. The zero-order chi connectivity index (χ0) is 26.1. The lowest BCUT2D eigenvalue weighted by Gasteiger charge is -2.40. The average molecular weight is 507 g/mol. The maximum Gasteiger partial charge on any atom is 0.416 e. The Morgan fingerprint density at radius 2 is 1.81 bits per heavy atom. The van der Waals surface area contributed by atoms with E-state index in [-0.39, 0.29) is 11.1 Å². The van der Waals surface area contributed by atoms with Crippen molar-refractivity contribution < 1.29 is 32.1 Å². The number of aromatic nitrogens is 3. The second-order valence-corrected chi connectivity index (χ2v) is 9.53. The van der Waals surface area contributed by atoms with Gasteiger partial charge in [0.25, 0.3) is 0 Å². The third-order valence-electron chi connectivity index (χ3n) is 6.05. The lowest BCUT2D eigenvalue weighted by molar-refractivity contribution is -0.159. The first-order valence-electron chi connectivity index (χ1n) is 11.3. The summed E-state index contributed by atoms with van der Waals surface area (Å²) in [6, 6.07) is 5.51. The summed E-state index contributed by atoms with van der Waals surface area (Å²) < 4.78 is 62.2. The first kappa shape index (κ1) is 25.9. The fourth-order valence-electron chi connectivity index (χ4n) is 4.07. The van der Waals surface area contributed by atoms with E-state index in [0.717, 1.165) is 18.3 Å². The summed E-state index contributed by atoms with van der Waals surface area (Å²) in [4.78, 5) is 13.2. The van der Waals surface area contributed by atoms with E-state index in [2.05, 4.69) is 20.3 Å². The van der Waals surface area contributed by atoms with Crippen molar-refractivity contribution in [3.05, 3.63) is 47.5 Å². The number of halogens is 3. The predicted octanol–water partition coefficient (Wildman–Crippen LogP) is 4.75. The number of nitrogens with one attached hydrogen (secondary N) is 1. The van der Waals surface area contributed by atoms with Crippen LogP contribution in [-0.4, -0.2) is 55.6 Å². The molecule has 0 atom stereocenters. The van der Waals surface area contributed by atoms with Crippen LogP contribution in [0.4, 0.5) is 19.0 Å². The van der Waals surface area contributed by atoms with Crippen molar-refractivity contribution in [2.75, 3.05) is 46.0 Å². The molecule has 36 heavy (non-hydrogen) atoms. The number of hydrogen-bond donors (Lipinski definition) is 1. The van der Waals surface area contributed by atoms with Crippen LogP contribution in [0.25, 0.3) is 10.9 Å². The number of nitrogens with zero attached hydrogens (tertiary/aromatic N) is 3. The minimum Gasteiger partial charge on any atom is -0.493 e. The van der Waals surface area contributed by atoms with Crippen LogP contribution in [0.3, 0.4) is 0 Å². The highest BCUT2D eigenvalue weighted by molar-refractivity contribution is 5.92. The largest absolute Gasteiger partial charge is 0.493 e. The Kier molecular flexibility index (Phi) is 6.98. The number of anilines is 1. The van der Waals surface area contributed by atoms with E-state index < -0.39 is 17.3 Å². The van der Waals surface area contributed by atoms with Gasteiger partial charge in [-0.1, -0.05) is 0 Å². The van der Waals surface area contributed by atoms with Crippen LogP contribution in [0.2, 0.25) is 0 Å². The molecule has 4 rings (SSSR count). The number of aryl methyl sites for hydroxylation is 1. The Morgan fingerprint density at radius 1 is 1.06 bits per heavy atom. The molecule has 3 aromatic rings. The van der Waals surface area contributed by atoms with Crippen molar-refractivity contribution >= 4 is 16.7 Å². The van der Waals surface area contributed by atoms with Crippen LogP contribution < -0.4 is 14.8 Å². The number of alkyl halides is 3. The van der Waals surface area contributed by atoms with Crippen molar-refractivity contribution in [3.63, 3.8) is 0 Å². The highest BCUT2D eigenvalue weighted by atomic mass is 19.4. The van der Waals surface area contributed by atoms with Gasteiger partial charge in [0.2, 0.25) is 0 Å². The predicted molar refractivity (Wildman–Crippen MR) is 127 cm³/mol. The molecule has 1 N–H and O–H groups in total. The van der Waals surface area contributed by atoms with Crippen molar-refractivity contribution in [1.29, 1.82) is 0 Å². The molecule has 0 unspecified atom stereocenters. The summed E-state index contributed by atoms with van der Waals surface area (Å²) in [6.07, 6.45) is -3.32. The lowest BCUT2D eigenvalue weighted by Crippen LogP contribution is -2.50. The zero-order valence-corrected chi connectivity index (χ0v) is 20.8. The van der Waals surface area contributed by atoms with Gasteiger partial charge in [-0.15, -0.1) is 0 Å². The third-order valence-corrected chi connectivity index (χ3v) is 6.05. The van der Waals surface area contributed by atoms with E-state index in [1.54, 1.807) is 47.1 Å². The molecule has 1 aliphatic heterocycles. The minimum atomic E-state index is -4.47. The summed E-state index contributed by atoms with van der Waals surface area (Å²) in [7, 11) is 3.18. The van der Waals surface area contributed by atoms with Crippen LogP contribution >= 0.6 is 0 Å². The van der Waals surface area contributed by atoms with E-state index in [4.69, 9.17) is 18.9 Å². The summed E-state index contributed by atoms with van der Waals surface area (Å²) in [5.41, 5.74) is -1.17. The van der Waals surface area contributed by atoms with Gasteiger partial charge in [-0.05, 0) is 39.0 Å². The molecule has 0 aliphatic carbocycles. The first-order chi connectivity index (χ1) is 17.0. The fraction of sp³-hybridized carbons (Fsp3) is 0.480. The molecule has 194 valence electrons. The topological polar surface area (TPSA) is 87.6 Å². The van der Waals surface area contributed by atoms with Crippen LogP contribution in [-0.2, 0) is 21.2 Å². The fourth-order valence-corrected chi connectivity index (χ4v) is 4.07. The smallest absolute Gasteiger partial charge is 0.416 e. The van der Waals surface area contributed by atoms with E-state index in [9.17, 15) is 13.2 Å². The van der Waals surface area contributed by atoms with E-state index in [1.165, 1.54) is 0 Å². The quantitative estimate of drug-likeness (QED) is 0.445. The molecule has 0 radical (unpaired) electrons. The Bertz CT molecular complexity index is 1250. The van der Waals surface area contributed by atoms with Gasteiger partial charge in [-0.3, -0.25) is 4.98 Å². The average Bonchev–Trinajstić information content (AvgIpc) is 2.79. The number of benzene rings is 1. The summed E-state index contributed by atoms with van der Waals surface area (Å²) in [5, 5.41) is 3.89. The maximum atomic E-state index is 13.3. The van der Waals surface area contributed by atoms with Gasteiger partial charge in [0, 0.05) is 24.8 Å². The second kappa shape index (κ2) is 9.70. The van der Waals surface area contributed by atoms with Crippen LogP contribution in [0.5, 0.6) is 11.5 Å². The maximum absolute atomic E-state index is 13.3. The summed E-state index contributed by atoms with van der Waals surface area (Å²) in [6.45, 7) is 7.14. The van der Waals surface area contributed by atoms with Gasteiger partial charge < -0.3 is 24.3 Å². The molecule has 3 heterocycles. The number of ether oxygens (including phenoxy) is 4. The Morgan fingerprint density at radius 3 is 2.42 bits per heavy atom. The highest BCUT2D eigenvalue weighted by Gasteiger charge is 2.40. The van der Waals surface area contributed by atoms with E-state index in [0.29, 0.717) is 60.5 Å². The minimum absolute atomic E-state index is 0.221. The molecule has 0 saturated carbocycles. The molecule has 0 spiro atoms. The molecule has 1 aliphatic rings.